The first-order chi connectivity index (χ1) is 15.4. The van der Waals surface area contributed by atoms with Crippen LogP contribution >= 0.6 is 27.7 Å². The van der Waals surface area contributed by atoms with Crippen molar-refractivity contribution in [1.29, 1.82) is 0 Å². The van der Waals surface area contributed by atoms with Crippen molar-refractivity contribution in [2.45, 2.75) is 63.4 Å². The molecule has 1 aliphatic carbocycles. The Balaban J connectivity index is 1.64. The van der Waals surface area contributed by atoms with Gasteiger partial charge in [0.25, 0.3) is 0 Å². The molecule has 1 fully saturated rings. The molecule has 0 spiro atoms. The van der Waals surface area contributed by atoms with Crippen LogP contribution in [0.2, 0.25) is 0 Å². The summed E-state index contributed by atoms with van der Waals surface area (Å²) >= 11 is 4.95. The van der Waals surface area contributed by atoms with Crippen molar-refractivity contribution in [1.82, 2.24) is 10.2 Å². The second-order valence-corrected chi connectivity index (χ2v) is 10.2. The molecule has 0 aliphatic heterocycles. The minimum absolute atomic E-state index is 0.0802. The molecule has 1 saturated carbocycles. The number of benzene rings is 2. The summed E-state index contributed by atoms with van der Waals surface area (Å²) in [6, 6.07) is 13.7. The van der Waals surface area contributed by atoms with E-state index in [2.05, 4.69) is 21.2 Å². The average Bonchev–Trinajstić information content (AvgIpc) is 2.79. The fourth-order valence-electron chi connectivity index (χ4n) is 3.90. The van der Waals surface area contributed by atoms with Crippen molar-refractivity contribution in [3.05, 3.63) is 69.9 Å². The molecule has 1 aliphatic rings. The van der Waals surface area contributed by atoms with Gasteiger partial charge in [0.1, 0.15) is 11.9 Å². The zero-order valence-electron chi connectivity index (χ0n) is 18.4. The fourth-order valence-corrected chi connectivity index (χ4v) is 5.22. The molecule has 0 bridgehead atoms. The average molecular weight is 521 g/mol. The third kappa shape index (κ3) is 7.62. The van der Waals surface area contributed by atoms with Crippen LogP contribution in [-0.4, -0.2) is 34.6 Å². The molecule has 1 N–H and O–H groups in total. The number of carbonyl (C=O) groups is 2. The van der Waals surface area contributed by atoms with Gasteiger partial charge in [-0.05, 0) is 55.2 Å². The Bertz CT molecular complexity index is 903. The van der Waals surface area contributed by atoms with Crippen molar-refractivity contribution < 1.29 is 14.0 Å². The van der Waals surface area contributed by atoms with Gasteiger partial charge in [0.2, 0.25) is 11.8 Å². The number of nitrogens with zero attached hydrogens (tertiary/aromatic N) is 1. The predicted octanol–water partition coefficient (Wildman–Crippen LogP) is 5.69. The summed E-state index contributed by atoms with van der Waals surface area (Å²) in [6.45, 7) is 2.17. The largest absolute Gasteiger partial charge is 0.352 e. The van der Waals surface area contributed by atoms with E-state index < -0.39 is 6.04 Å². The molecule has 0 unspecified atom stereocenters. The van der Waals surface area contributed by atoms with Crippen LogP contribution in [0.5, 0.6) is 0 Å². The van der Waals surface area contributed by atoms with Gasteiger partial charge in [-0.2, -0.15) is 0 Å². The Labute approximate surface area is 202 Å². The summed E-state index contributed by atoms with van der Waals surface area (Å²) < 4.78 is 14.0. The van der Waals surface area contributed by atoms with Gasteiger partial charge in [0.15, 0.2) is 0 Å². The Morgan fingerprint density at radius 2 is 1.84 bits per heavy atom. The summed E-state index contributed by atoms with van der Waals surface area (Å²) in [4.78, 5) is 27.8. The molecule has 0 saturated heterocycles. The van der Waals surface area contributed by atoms with Gasteiger partial charge in [-0.15, -0.1) is 11.8 Å². The zero-order valence-corrected chi connectivity index (χ0v) is 20.8. The molecule has 2 amide bonds. The molecule has 2 aromatic rings. The molecule has 0 heterocycles. The molecular weight excluding hydrogens is 491 g/mol. The number of amides is 2. The Morgan fingerprint density at radius 1 is 1.12 bits per heavy atom. The van der Waals surface area contributed by atoms with Crippen LogP contribution in [0.4, 0.5) is 4.39 Å². The summed E-state index contributed by atoms with van der Waals surface area (Å²) in [5, 5.41) is 3.15. The second-order valence-electron chi connectivity index (χ2n) is 8.29. The molecule has 0 aromatic heterocycles. The highest BCUT2D eigenvalue weighted by Gasteiger charge is 2.28. The summed E-state index contributed by atoms with van der Waals surface area (Å²) in [5.74, 6) is 0.422. The lowest BCUT2D eigenvalue weighted by atomic mass is 9.95. The number of carbonyl (C=O) groups excluding carboxylic acids is 2. The van der Waals surface area contributed by atoms with Crippen molar-refractivity contribution >= 4 is 39.5 Å². The SMILES string of the molecule is C[C@H](C(=O)NC1CCCCC1)N(Cc1cccc(Br)c1)C(=O)CSCc1ccc(F)cc1. The van der Waals surface area contributed by atoms with Crippen LogP contribution in [0.3, 0.4) is 0 Å². The van der Waals surface area contributed by atoms with Crippen molar-refractivity contribution in [3.63, 3.8) is 0 Å². The number of rotatable bonds is 9. The van der Waals surface area contributed by atoms with Gasteiger partial charge in [-0.25, -0.2) is 4.39 Å². The monoisotopic (exact) mass is 520 g/mol. The van der Waals surface area contributed by atoms with E-state index in [4.69, 9.17) is 0 Å². The van der Waals surface area contributed by atoms with E-state index in [-0.39, 0.29) is 29.4 Å². The highest BCUT2D eigenvalue weighted by Crippen LogP contribution is 2.20. The van der Waals surface area contributed by atoms with Crippen LogP contribution < -0.4 is 5.32 Å². The third-order valence-corrected chi connectivity index (χ3v) is 7.25. The van der Waals surface area contributed by atoms with E-state index in [1.165, 1.54) is 30.3 Å². The maximum absolute atomic E-state index is 13.2. The van der Waals surface area contributed by atoms with Crippen molar-refractivity contribution in [2.75, 3.05) is 5.75 Å². The van der Waals surface area contributed by atoms with E-state index in [1.54, 1.807) is 24.0 Å². The van der Waals surface area contributed by atoms with Crippen LogP contribution in [0.15, 0.2) is 53.0 Å². The van der Waals surface area contributed by atoms with E-state index in [1.807, 2.05) is 24.3 Å². The first kappa shape index (κ1) is 24.8. The lowest BCUT2D eigenvalue weighted by Crippen LogP contribution is -2.50. The minimum Gasteiger partial charge on any atom is -0.352 e. The van der Waals surface area contributed by atoms with Crippen LogP contribution in [0.25, 0.3) is 0 Å². The molecule has 172 valence electrons. The van der Waals surface area contributed by atoms with Crippen molar-refractivity contribution in [3.8, 4) is 0 Å². The van der Waals surface area contributed by atoms with E-state index in [0.29, 0.717) is 12.3 Å². The fraction of sp³-hybridized carbons (Fsp3) is 0.440. The highest BCUT2D eigenvalue weighted by atomic mass is 79.9. The quantitative estimate of drug-likeness (QED) is 0.462. The second kappa shape index (κ2) is 12.4. The molecule has 7 heteroatoms. The van der Waals surface area contributed by atoms with Gasteiger partial charge in [0, 0.05) is 22.8 Å². The van der Waals surface area contributed by atoms with E-state index in [9.17, 15) is 14.0 Å². The summed E-state index contributed by atoms with van der Waals surface area (Å²) in [6.07, 6.45) is 5.51. The molecule has 4 nitrogen and oxygen atoms in total. The van der Waals surface area contributed by atoms with Gasteiger partial charge >= 0.3 is 0 Å². The predicted molar refractivity (Wildman–Crippen MR) is 132 cm³/mol. The first-order valence-corrected chi connectivity index (χ1v) is 13.0. The molecular formula is C25H30BrFN2O2S. The Kier molecular flexibility index (Phi) is 9.60. The number of halogens is 2. The lowest BCUT2D eigenvalue weighted by Gasteiger charge is -2.31. The van der Waals surface area contributed by atoms with Crippen LogP contribution in [0, 0.1) is 5.82 Å². The number of nitrogens with one attached hydrogen (secondary N) is 1. The maximum Gasteiger partial charge on any atom is 0.242 e. The third-order valence-electron chi connectivity index (χ3n) is 5.77. The zero-order chi connectivity index (χ0) is 22.9. The van der Waals surface area contributed by atoms with Crippen LogP contribution in [-0.2, 0) is 21.9 Å². The number of hydrogen-bond donors (Lipinski definition) is 1. The summed E-state index contributed by atoms with van der Waals surface area (Å²) in [7, 11) is 0. The first-order valence-electron chi connectivity index (χ1n) is 11.1. The normalized spacial score (nSPS) is 15.2. The molecule has 3 rings (SSSR count). The molecule has 0 radical (unpaired) electrons. The number of hydrogen-bond acceptors (Lipinski definition) is 3. The standard InChI is InChI=1S/C25H30BrFN2O2S/c1-18(25(31)28-23-8-3-2-4-9-23)29(15-20-6-5-7-21(26)14-20)24(30)17-32-16-19-10-12-22(27)13-11-19/h5-7,10-14,18,23H,2-4,8-9,15-17H2,1H3,(H,28,31)/t18-/m1/s1. The van der Waals surface area contributed by atoms with E-state index in [0.717, 1.165) is 41.3 Å². The number of thioether (sulfide) groups is 1. The highest BCUT2D eigenvalue weighted by molar-refractivity contribution is 9.10. The minimum atomic E-state index is -0.560. The van der Waals surface area contributed by atoms with E-state index >= 15 is 0 Å². The Morgan fingerprint density at radius 3 is 2.53 bits per heavy atom. The summed E-state index contributed by atoms with van der Waals surface area (Å²) in [5.41, 5.74) is 1.93. The molecule has 32 heavy (non-hydrogen) atoms. The lowest BCUT2D eigenvalue weighted by molar-refractivity contribution is -0.139. The smallest absolute Gasteiger partial charge is 0.242 e. The molecule has 1 atom stereocenters. The topological polar surface area (TPSA) is 49.4 Å². The Hall–Kier alpha value is -1.86. The van der Waals surface area contributed by atoms with Gasteiger partial charge < -0.3 is 10.2 Å². The van der Waals surface area contributed by atoms with Crippen LogP contribution in [0.1, 0.15) is 50.2 Å². The van der Waals surface area contributed by atoms with Crippen molar-refractivity contribution in [2.24, 2.45) is 0 Å². The van der Waals surface area contributed by atoms with Gasteiger partial charge in [-0.3, -0.25) is 9.59 Å². The molecule has 2 aromatic carbocycles. The van der Waals surface area contributed by atoms with Gasteiger partial charge in [0.05, 0.1) is 5.75 Å². The maximum atomic E-state index is 13.2. The van der Waals surface area contributed by atoms with Gasteiger partial charge in [-0.1, -0.05) is 59.5 Å².